The topological polar surface area (TPSA) is 355 Å². The molecule has 7 N–H and O–H groups in total. The van der Waals surface area contributed by atoms with Crippen LogP contribution in [0.1, 0.15) is 142 Å². The lowest BCUT2D eigenvalue weighted by Gasteiger charge is -2.25. The van der Waals surface area contributed by atoms with Gasteiger partial charge in [-0.1, -0.05) is 100 Å². The first-order valence-electron chi connectivity index (χ1n) is 43.0. The molecule has 0 bridgehead atoms. The number of likely N-dealkylation sites (N-methyl/N-ethyl adjacent to an activating group) is 2. The van der Waals surface area contributed by atoms with Gasteiger partial charge in [0.1, 0.15) is 23.3 Å². The molecule has 4 aliphatic rings. The number of rotatable bonds is 24. The minimum Gasteiger partial charge on any atom is -0.391 e. The first-order chi connectivity index (χ1) is 60.7. The fourth-order valence-electron chi connectivity index (χ4n) is 13.6. The van der Waals surface area contributed by atoms with Gasteiger partial charge in [-0.15, -0.1) is 0 Å². The molecule has 0 aliphatic carbocycles. The van der Waals surface area contributed by atoms with Crippen LogP contribution in [0.2, 0.25) is 10.0 Å². The quantitative estimate of drug-likeness (QED) is 0.0295. The standard InChI is InChI=1S/C23H29N7O.C22H27N7O.C21H24ClN7O2.C21H24ClN7O/c1-15(2)20-13-28(5)23(31)30(20)21-10-11-24-22(27-21)26-17(4)19-12-29(14-25-19)18-8-6-16(3)7-9-18;1-14(2)19-11-24-22(30)29(19)20-9-10-23-21(27-20)26-16(4)18-12-28(13-25-18)17-7-5-15(3)6-8-17;1-13(17-10-28(12-24-17)16-6-4-15(22)5-7-16)25-20-23-9-8-19(26-20)29-18(14(2)30)11-27(3)21(29)31;1-13(2)18-10-24-21(30)29(18)19-8-9-23-20(27-19)26-14(3)17-11-28(12-25-17)16-6-4-15(22)5-7-16/h6-12,14-15,17,20H,13H2,1-5H3,(H,24,26,27);5-10,12-14,16,19H,11H2,1-4H3,(H,24,30)(H,23,26,27);4-10,12-14,18,30H,11H2,1-3H3,(H,23,25,26);4-9,11-14,18H,10H2,1-3H3,(H,24,30)(H,23,26,27)/t17-,20+;16-,19+;13-,14+,18?;14-,18+/m0000/s1/i13D2;11D2;;10D2. The Morgan fingerprint density at radius 3 is 0.959 bits per heavy atom. The summed E-state index contributed by atoms with van der Waals surface area (Å²) >= 11 is 11.9. The van der Waals surface area contributed by atoms with Crippen molar-refractivity contribution >= 4 is 94.4 Å². The van der Waals surface area contributed by atoms with E-state index in [1.807, 2.05) is 192 Å². The summed E-state index contributed by atoms with van der Waals surface area (Å²) in [5.41, 5.74) is 9.55. The van der Waals surface area contributed by atoms with E-state index in [2.05, 4.69) is 123 Å². The summed E-state index contributed by atoms with van der Waals surface area (Å²) in [7, 11) is 3.18. The predicted octanol–water partition coefficient (Wildman–Crippen LogP) is 14.9. The number of amides is 8. The number of aliphatic hydroxyl groups is 1. The van der Waals surface area contributed by atoms with Crippen LogP contribution in [-0.4, -0.2) is 188 Å². The number of halogens is 2. The molecule has 9 atom stereocenters. The van der Waals surface area contributed by atoms with Crippen LogP contribution in [0.15, 0.2) is 196 Å². The van der Waals surface area contributed by atoms with E-state index in [1.165, 1.54) is 37.8 Å². The SMILES string of the molecule is C[C@H](Nc1nccc(N2C(=O)N(C)CC2[C@@H](C)O)n1)c1cn(-c2ccc(Cl)cc2)cn1.[2H]C1([2H])NC(=O)N(c2ccnc(N[C@@H](C)c3cn(-c4ccc(C)cc4)cn3)n2)[C@H]1C(C)C.[2H]C1([2H])NC(=O)N(c2ccnc(N[C@@H](C)c3cn(-c4ccc(Cl)cc4)cn3)n2)[C@H]1C(C)C.[2H]C1([2H])[C@H](C(C)C)N(c2ccnc(N[C@@H](C)c3cn(-c4ccc(C)cc4)cn3)n2)C(=O)N1C. The number of nitrogens with zero attached hydrogens (tertiary/aromatic N) is 22. The summed E-state index contributed by atoms with van der Waals surface area (Å²) in [5, 5.41) is 29.2. The number of nitrogens with one attached hydrogen (secondary N) is 6. The second-order valence-electron chi connectivity index (χ2n) is 31.0. The largest absolute Gasteiger partial charge is 0.391 e. The third-order valence-electron chi connectivity index (χ3n) is 20.6. The highest BCUT2D eigenvalue weighted by Crippen LogP contribution is 2.33. The van der Waals surface area contributed by atoms with Gasteiger partial charge in [-0.3, -0.25) is 19.6 Å². The van der Waals surface area contributed by atoms with Crippen LogP contribution in [0.5, 0.6) is 0 Å². The Bertz CT molecular complexity index is 5690. The maximum atomic E-state index is 12.9. The maximum absolute atomic E-state index is 12.9. The summed E-state index contributed by atoms with van der Waals surface area (Å²) in [6, 6.07) is 33.0. The summed E-state index contributed by atoms with van der Waals surface area (Å²) < 4.78 is 57.2. The molecule has 4 aliphatic heterocycles. The zero-order valence-corrected chi connectivity index (χ0v) is 71.8. The van der Waals surface area contributed by atoms with Gasteiger partial charge in [-0.25, -0.2) is 59.0 Å². The Kier molecular flexibility index (Phi) is 24.8. The lowest BCUT2D eigenvalue weighted by molar-refractivity contribution is 0.164. The minimum absolute atomic E-state index is 0.107. The monoisotopic (exact) mass is 1700 g/mol. The van der Waals surface area contributed by atoms with E-state index in [0.29, 0.717) is 63.7 Å². The number of anilines is 8. The summed E-state index contributed by atoms with van der Waals surface area (Å²) in [4.78, 5) is 112. The second kappa shape index (κ2) is 38.5. The van der Waals surface area contributed by atoms with Gasteiger partial charge in [0.25, 0.3) is 0 Å². The molecule has 16 rings (SSSR count). The van der Waals surface area contributed by atoms with Crippen molar-refractivity contribution in [1.82, 2.24) is 98.5 Å². The van der Waals surface area contributed by atoms with E-state index in [1.54, 1.807) is 93.2 Å². The summed E-state index contributed by atoms with van der Waals surface area (Å²) in [6.07, 6.45) is 20.3. The molecule has 8 aromatic heterocycles. The molecular formula is C87H104Cl2N28O5. The molecule has 0 saturated carbocycles. The molecule has 4 fully saturated rings. The lowest BCUT2D eigenvalue weighted by atomic mass is 10.0. The number of carbonyl (C=O) groups excluding carboxylic acids is 4. The number of aromatic nitrogens is 16. The van der Waals surface area contributed by atoms with Crippen LogP contribution < -0.4 is 51.5 Å². The normalized spacial score (nSPS) is 19.6. The van der Waals surface area contributed by atoms with Crippen LogP contribution in [0.3, 0.4) is 0 Å². The number of urea groups is 4. The average Bonchev–Trinajstić information content (AvgIpc) is 1.52. The van der Waals surface area contributed by atoms with Crippen molar-refractivity contribution in [3.8, 4) is 22.7 Å². The molecular weight excluding hydrogens is 1590 g/mol. The number of benzene rings is 4. The van der Waals surface area contributed by atoms with Gasteiger partial charge < -0.3 is 65.1 Å². The Balaban J connectivity index is 0.000000146. The molecule has 35 heteroatoms. The Morgan fingerprint density at radius 2 is 0.664 bits per heavy atom. The number of aliphatic hydroxyl groups excluding tert-OH is 1. The highest BCUT2D eigenvalue weighted by Gasteiger charge is 2.42. The van der Waals surface area contributed by atoms with Crippen LogP contribution in [0, 0.1) is 31.6 Å². The minimum atomic E-state index is -1.86. The molecule has 1 unspecified atom stereocenters. The Morgan fingerprint density at radius 1 is 0.385 bits per heavy atom. The van der Waals surface area contributed by atoms with Crippen molar-refractivity contribution in [3.05, 3.63) is 240 Å². The molecule has 12 heterocycles. The van der Waals surface area contributed by atoms with E-state index in [-0.39, 0.29) is 54.0 Å². The van der Waals surface area contributed by atoms with Crippen LogP contribution in [0.4, 0.5) is 66.2 Å². The first-order valence-corrected chi connectivity index (χ1v) is 40.7. The highest BCUT2D eigenvalue weighted by molar-refractivity contribution is 6.30. The number of carbonyl (C=O) groups is 4. The molecule has 33 nitrogen and oxygen atoms in total. The highest BCUT2D eigenvalue weighted by atomic mass is 35.5. The molecule has 0 radical (unpaired) electrons. The average molecular weight is 1700 g/mol. The van der Waals surface area contributed by atoms with Crippen molar-refractivity contribution < 1.29 is 32.5 Å². The van der Waals surface area contributed by atoms with Gasteiger partial charge in [0.05, 0.1) is 111 Å². The fraction of sp³-hybridized carbons (Fsp3) is 0.356. The van der Waals surface area contributed by atoms with E-state index >= 15 is 0 Å². The molecule has 122 heavy (non-hydrogen) atoms. The van der Waals surface area contributed by atoms with Gasteiger partial charge in [0.15, 0.2) is 0 Å². The van der Waals surface area contributed by atoms with E-state index < -0.39 is 61.8 Å². The van der Waals surface area contributed by atoms with Gasteiger partial charge >= 0.3 is 24.1 Å². The smallest absolute Gasteiger partial charge is 0.325 e. The van der Waals surface area contributed by atoms with Crippen LogP contribution in [0.25, 0.3) is 22.7 Å². The third-order valence-corrected chi connectivity index (χ3v) is 21.1. The lowest BCUT2D eigenvalue weighted by Crippen LogP contribution is -2.41. The fourth-order valence-corrected chi connectivity index (χ4v) is 13.9. The Labute approximate surface area is 727 Å². The van der Waals surface area contributed by atoms with Gasteiger partial charge in [-0.05, 0) is 163 Å². The van der Waals surface area contributed by atoms with E-state index in [4.69, 9.17) is 31.4 Å². The van der Waals surface area contributed by atoms with Crippen molar-refractivity contribution in [2.75, 3.05) is 81.0 Å². The predicted molar refractivity (Wildman–Crippen MR) is 474 cm³/mol. The van der Waals surface area contributed by atoms with Crippen molar-refractivity contribution in [2.24, 2.45) is 17.8 Å². The number of aryl methyl sites for hydroxylation is 2. The first kappa shape index (κ1) is 78.7. The van der Waals surface area contributed by atoms with E-state index in [0.717, 1.165) is 50.4 Å². The molecule has 4 saturated heterocycles. The maximum Gasteiger partial charge on any atom is 0.325 e. The Hall–Kier alpha value is -13.1. The zero-order valence-electron chi connectivity index (χ0n) is 76.3. The number of hydrogen-bond donors (Lipinski definition) is 7. The summed E-state index contributed by atoms with van der Waals surface area (Å²) in [5.74, 6) is 2.51. The van der Waals surface area contributed by atoms with Crippen LogP contribution in [-0.2, 0) is 0 Å². The number of imidazole rings is 4. The van der Waals surface area contributed by atoms with Crippen molar-refractivity contribution in [3.63, 3.8) is 0 Å². The molecule has 4 aromatic carbocycles. The van der Waals surface area contributed by atoms with Gasteiger partial charge in [-0.2, -0.15) is 19.9 Å². The van der Waals surface area contributed by atoms with Gasteiger partial charge in [0.2, 0.25) is 23.8 Å². The molecule has 12 aromatic rings. The molecule has 0 spiro atoms. The molecule has 636 valence electrons. The van der Waals surface area contributed by atoms with Crippen molar-refractivity contribution in [2.45, 2.75) is 144 Å². The second-order valence-corrected chi connectivity index (χ2v) is 31.9. The van der Waals surface area contributed by atoms with Crippen LogP contribution >= 0.6 is 23.2 Å². The van der Waals surface area contributed by atoms with Crippen molar-refractivity contribution in [1.29, 1.82) is 0 Å². The van der Waals surface area contributed by atoms with E-state index in [9.17, 15) is 24.3 Å². The third kappa shape index (κ3) is 20.6. The number of hydrogen-bond acceptors (Lipinski definition) is 21. The zero-order chi connectivity index (χ0) is 92.1. The summed E-state index contributed by atoms with van der Waals surface area (Å²) in [6.45, 7) is 19.8. The van der Waals surface area contributed by atoms with Gasteiger partial charge in [0, 0.05) is 123 Å². The molecule has 8 amide bonds.